The van der Waals surface area contributed by atoms with E-state index in [4.69, 9.17) is 0 Å². The first kappa shape index (κ1) is 19.4. The highest BCUT2D eigenvalue weighted by molar-refractivity contribution is 5.68. The van der Waals surface area contributed by atoms with Gasteiger partial charge in [0.25, 0.3) is 0 Å². The minimum atomic E-state index is -0.0453. The molecule has 1 fully saturated rings. The molecule has 156 valence electrons. The van der Waals surface area contributed by atoms with Crippen molar-refractivity contribution in [3.05, 3.63) is 66.6 Å². The van der Waals surface area contributed by atoms with Gasteiger partial charge in [0.05, 0.1) is 35.5 Å². The van der Waals surface area contributed by atoms with Gasteiger partial charge in [0.2, 0.25) is 0 Å². The van der Waals surface area contributed by atoms with Crippen molar-refractivity contribution in [2.45, 2.75) is 31.8 Å². The fraction of sp³-hybridized carbons (Fsp3) is 0.250. The van der Waals surface area contributed by atoms with Gasteiger partial charge in [-0.15, -0.1) is 0 Å². The Balaban J connectivity index is 1.32. The fourth-order valence-corrected chi connectivity index (χ4v) is 3.90. The van der Waals surface area contributed by atoms with E-state index in [-0.39, 0.29) is 6.04 Å². The van der Waals surface area contributed by atoms with Gasteiger partial charge < -0.3 is 15.3 Å². The number of H-pyrrole nitrogens is 2. The third kappa shape index (κ3) is 3.92. The molecule has 4 heterocycles. The Hall–Kier alpha value is -3.58. The van der Waals surface area contributed by atoms with Gasteiger partial charge in [-0.05, 0) is 50.7 Å². The molecule has 7 heteroatoms. The second-order valence-corrected chi connectivity index (χ2v) is 7.88. The molecule has 5 rings (SSSR count). The van der Waals surface area contributed by atoms with Crippen molar-refractivity contribution in [3.63, 3.8) is 0 Å². The van der Waals surface area contributed by atoms with Crippen molar-refractivity contribution in [1.82, 2.24) is 30.2 Å². The van der Waals surface area contributed by atoms with Crippen LogP contribution in [0, 0.1) is 0 Å². The van der Waals surface area contributed by atoms with Crippen LogP contribution in [0.1, 0.15) is 43.5 Å². The maximum Gasteiger partial charge on any atom is 0.131 e. The molecule has 31 heavy (non-hydrogen) atoms. The number of hydrogen-bond donors (Lipinski definition) is 3. The summed E-state index contributed by atoms with van der Waals surface area (Å²) < 4.78 is 0. The van der Waals surface area contributed by atoms with Crippen LogP contribution in [0.4, 0.5) is 0 Å². The maximum atomic E-state index is 4.67. The van der Waals surface area contributed by atoms with E-state index in [1.165, 1.54) is 6.42 Å². The summed E-state index contributed by atoms with van der Waals surface area (Å²) in [6.45, 7) is 6.60. The third-order valence-electron chi connectivity index (χ3n) is 5.82. The second kappa shape index (κ2) is 8.28. The average molecular weight is 412 g/mol. The highest BCUT2D eigenvalue weighted by Gasteiger charge is 2.19. The largest absolute Gasteiger partial charge is 0.341 e. The standard InChI is InChI=1S/C24H25N7/c1-15(25-2)23-28-13-21(30-23)17-7-5-16(6-8-17)19-10-9-18(12-27-19)22-14-29-24(31-22)20-4-3-11-26-20/h5-10,12-15,20,26H,2-4,11H2,1H3,(H,28,30)(H,29,31)/t15-,20-/m0/s1. The summed E-state index contributed by atoms with van der Waals surface area (Å²) in [5, 5.41) is 3.47. The Kier molecular flexibility index (Phi) is 5.18. The lowest BCUT2D eigenvalue weighted by atomic mass is 10.1. The van der Waals surface area contributed by atoms with Gasteiger partial charge in [0.1, 0.15) is 17.7 Å². The lowest BCUT2D eigenvalue weighted by molar-refractivity contribution is 0.613. The van der Waals surface area contributed by atoms with Crippen LogP contribution in [0.3, 0.4) is 0 Å². The molecule has 2 atom stereocenters. The van der Waals surface area contributed by atoms with Crippen LogP contribution in [0.5, 0.6) is 0 Å². The smallest absolute Gasteiger partial charge is 0.131 e. The van der Waals surface area contributed by atoms with Crippen molar-refractivity contribution >= 4 is 6.72 Å². The molecule has 0 radical (unpaired) electrons. The van der Waals surface area contributed by atoms with Crippen molar-refractivity contribution in [3.8, 4) is 33.8 Å². The summed E-state index contributed by atoms with van der Waals surface area (Å²) in [4.78, 5) is 24.4. The Bertz CT molecular complexity index is 1170. The van der Waals surface area contributed by atoms with Crippen LogP contribution in [0.25, 0.3) is 33.8 Å². The Morgan fingerprint density at radius 1 is 0.903 bits per heavy atom. The van der Waals surface area contributed by atoms with E-state index < -0.39 is 0 Å². The average Bonchev–Trinajstić information content (AvgIpc) is 3.60. The molecule has 3 aromatic heterocycles. The number of pyridine rings is 1. The maximum absolute atomic E-state index is 4.67. The number of aliphatic imine (C=N–C) groups is 1. The summed E-state index contributed by atoms with van der Waals surface area (Å²) in [5.74, 6) is 1.82. The van der Waals surface area contributed by atoms with E-state index in [1.54, 1.807) is 0 Å². The molecule has 3 N–H and O–H groups in total. The van der Waals surface area contributed by atoms with Gasteiger partial charge in [0.15, 0.2) is 0 Å². The van der Waals surface area contributed by atoms with E-state index in [9.17, 15) is 0 Å². The molecule has 1 aliphatic rings. The van der Waals surface area contributed by atoms with Gasteiger partial charge in [-0.2, -0.15) is 0 Å². The summed E-state index contributed by atoms with van der Waals surface area (Å²) in [7, 11) is 0. The van der Waals surface area contributed by atoms with Crippen LogP contribution in [0.2, 0.25) is 0 Å². The molecule has 0 amide bonds. The van der Waals surface area contributed by atoms with Crippen molar-refractivity contribution in [2.24, 2.45) is 4.99 Å². The van der Waals surface area contributed by atoms with Gasteiger partial charge in [-0.25, -0.2) is 9.97 Å². The van der Waals surface area contributed by atoms with Gasteiger partial charge in [-0.1, -0.05) is 24.3 Å². The zero-order valence-corrected chi connectivity index (χ0v) is 17.5. The number of aromatic amines is 2. The normalized spacial score (nSPS) is 17.0. The molecule has 0 aliphatic carbocycles. The number of rotatable bonds is 6. The SMILES string of the molecule is C=N[C@@H](C)c1ncc(-c2ccc(-c3ccc(-c4cnc([C@@H]5CCCN5)[nH]4)cn3)cc2)[nH]1. The number of nitrogens with one attached hydrogen (secondary N) is 3. The lowest BCUT2D eigenvalue weighted by Gasteiger charge is -2.06. The summed E-state index contributed by atoms with van der Waals surface area (Å²) in [6.07, 6.45) is 7.95. The van der Waals surface area contributed by atoms with E-state index in [0.29, 0.717) is 6.04 Å². The molecular formula is C24H25N7. The third-order valence-corrected chi connectivity index (χ3v) is 5.82. The number of hydrogen-bond acceptors (Lipinski definition) is 5. The van der Waals surface area contributed by atoms with Gasteiger partial charge in [-0.3, -0.25) is 9.98 Å². The van der Waals surface area contributed by atoms with Crippen molar-refractivity contribution < 1.29 is 0 Å². The van der Waals surface area contributed by atoms with Crippen LogP contribution < -0.4 is 5.32 Å². The molecule has 1 saturated heterocycles. The highest BCUT2D eigenvalue weighted by atomic mass is 15.0. The second-order valence-electron chi connectivity index (χ2n) is 7.88. The molecule has 1 aromatic carbocycles. The van der Waals surface area contributed by atoms with Gasteiger partial charge >= 0.3 is 0 Å². The van der Waals surface area contributed by atoms with E-state index in [1.807, 2.05) is 31.6 Å². The minimum Gasteiger partial charge on any atom is -0.341 e. The monoisotopic (exact) mass is 411 g/mol. The van der Waals surface area contributed by atoms with Crippen LogP contribution in [-0.2, 0) is 0 Å². The molecule has 0 saturated carbocycles. The molecule has 7 nitrogen and oxygen atoms in total. The molecule has 0 spiro atoms. The topological polar surface area (TPSA) is 94.6 Å². The van der Waals surface area contributed by atoms with Crippen LogP contribution >= 0.6 is 0 Å². The number of imidazole rings is 2. The predicted octanol–water partition coefficient (Wildman–Crippen LogP) is 4.71. The first-order chi connectivity index (χ1) is 15.2. The van der Waals surface area contributed by atoms with E-state index >= 15 is 0 Å². The summed E-state index contributed by atoms with van der Waals surface area (Å²) in [5.41, 5.74) is 6.07. The summed E-state index contributed by atoms with van der Waals surface area (Å²) >= 11 is 0. The van der Waals surface area contributed by atoms with Crippen molar-refractivity contribution in [1.29, 1.82) is 0 Å². The summed E-state index contributed by atoms with van der Waals surface area (Å²) in [6, 6.07) is 12.7. The zero-order valence-electron chi connectivity index (χ0n) is 17.5. The van der Waals surface area contributed by atoms with Crippen molar-refractivity contribution in [2.75, 3.05) is 6.54 Å². The molecular weight excluding hydrogens is 386 g/mol. The Morgan fingerprint density at radius 3 is 2.35 bits per heavy atom. The van der Waals surface area contributed by atoms with Gasteiger partial charge in [0, 0.05) is 17.3 Å². The predicted molar refractivity (Wildman–Crippen MR) is 123 cm³/mol. The molecule has 0 bridgehead atoms. The zero-order chi connectivity index (χ0) is 21.2. The van der Waals surface area contributed by atoms with E-state index in [2.05, 4.69) is 72.3 Å². The first-order valence-corrected chi connectivity index (χ1v) is 10.6. The number of benzene rings is 1. The minimum absolute atomic E-state index is 0.0453. The number of nitrogens with zero attached hydrogens (tertiary/aromatic N) is 4. The Labute approximate surface area is 181 Å². The molecule has 1 aliphatic heterocycles. The number of aromatic nitrogens is 5. The van der Waals surface area contributed by atoms with E-state index in [0.717, 1.165) is 58.4 Å². The van der Waals surface area contributed by atoms with Crippen LogP contribution in [0.15, 0.2) is 60.0 Å². The lowest BCUT2D eigenvalue weighted by Crippen LogP contribution is -2.14. The fourth-order valence-electron chi connectivity index (χ4n) is 3.90. The highest BCUT2D eigenvalue weighted by Crippen LogP contribution is 2.27. The quantitative estimate of drug-likeness (QED) is 0.400. The molecule has 0 unspecified atom stereocenters. The molecule has 4 aromatic rings. The first-order valence-electron chi connectivity index (χ1n) is 10.6. The van der Waals surface area contributed by atoms with Crippen LogP contribution in [-0.4, -0.2) is 38.2 Å². The Morgan fingerprint density at radius 2 is 1.65 bits per heavy atom.